The van der Waals surface area contributed by atoms with Crippen molar-refractivity contribution in [2.24, 2.45) is 7.05 Å². The van der Waals surface area contributed by atoms with Crippen molar-refractivity contribution in [3.8, 4) is 11.1 Å². The third-order valence-corrected chi connectivity index (χ3v) is 6.56. The smallest absolute Gasteiger partial charge is 0.0993 e. The minimum Gasteiger partial charge on any atom is -0.382 e. The molecule has 0 bridgehead atoms. The van der Waals surface area contributed by atoms with Gasteiger partial charge in [0.2, 0.25) is 0 Å². The minimum absolute atomic E-state index is 0.444. The van der Waals surface area contributed by atoms with E-state index in [4.69, 9.17) is 0 Å². The van der Waals surface area contributed by atoms with Crippen LogP contribution in [0.1, 0.15) is 59.4 Å². The van der Waals surface area contributed by atoms with Crippen LogP contribution in [0.25, 0.3) is 22.0 Å². The molecule has 0 amide bonds. The molecule has 1 N–H and O–H groups in total. The molecular weight excluding hydrogens is 362 g/mol. The van der Waals surface area contributed by atoms with Crippen molar-refractivity contribution in [3.05, 3.63) is 36.7 Å². The van der Waals surface area contributed by atoms with E-state index in [9.17, 15) is 0 Å². The summed E-state index contributed by atoms with van der Waals surface area (Å²) in [5, 5.41) is 6.54. The third kappa shape index (κ3) is 4.27. The lowest BCUT2D eigenvalue weighted by Crippen LogP contribution is -2.05. The van der Waals surface area contributed by atoms with E-state index in [1.165, 1.54) is 58.4 Å². The van der Waals surface area contributed by atoms with Gasteiger partial charge < -0.3 is 14.5 Å². The average Bonchev–Trinajstić information content (AvgIpc) is 3.22. The van der Waals surface area contributed by atoms with Crippen LogP contribution in [0.2, 0.25) is 0 Å². The number of aryl methyl sites for hydroxylation is 1. The van der Waals surface area contributed by atoms with E-state index in [1.807, 2.05) is 11.8 Å². The molecule has 3 rings (SSSR count). The van der Waals surface area contributed by atoms with Gasteiger partial charge in [0.1, 0.15) is 0 Å². The van der Waals surface area contributed by atoms with E-state index in [1.54, 1.807) is 0 Å². The fraction of sp³-hybridized carbons (Fsp3) is 0.500. The number of hydrogen-bond donors (Lipinski definition) is 1. The van der Waals surface area contributed by atoms with Crippen molar-refractivity contribution >= 4 is 28.4 Å². The lowest BCUT2D eigenvalue weighted by atomic mass is 10.1. The molecule has 0 aliphatic rings. The number of nitrogens with zero attached hydrogens (tertiary/aromatic N) is 2. The van der Waals surface area contributed by atoms with Crippen molar-refractivity contribution in [1.82, 2.24) is 9.13 Å². The number of anilines is 1. The van der Waals surface area contributed by atoms with E-state index in [-0.39, 0.29) is 0 Å². The number of thioether (sulfide) groups is 1. The third-order valence-electron chi connectivity index (χ3n) is 5.25. The quantitative estimate of drug-likeness (QED) is 0.286. The SMILES string of the molecule is CCCCCNc1c(-c2cn(C)c3ccccc23)cn(C(C)C)c1SCCC. The lowest BCUT2D eigenvalue weighted by Gasteiger charge is -2.15. The zero-order valence-corrected chi connectivity index (χ0v) is 18.9. The highest BCUT2D eigenvalue weighted by Gasteiger charge is 2.21. The summed E-state index contributed by atoms with van der Waals surface area (Å²) < 4.78 is 4.71. The Kier molecular flexibility index (Phi) is 7.17. The van der Waals surface area contributed by atoms with Gasteiger partial charge in [0.25, 0.3) is 0 Å². The first kappa shape index (κ1) is 20.9. The highest BCUT2D eigenvalue weighted by Crippen LogP contribution is 2.43. The van der Waals surface area contributed by atoms with Crippen LogP contribution in [0, 0.1) is 0 Å². The molecule has 0 radical (unpaired) electrons. The zero-order valence-electron chi connectivity index (χ0n) is 18.1. The fourth-order valence-corrected chi connectivity index (χ4v) is 4.89. The molecule has 2 aromatic heterocycles. The maximum absolute atomic E-state index is 3.82. The van der Waals surface area contributed by atoms with E-state index in [0.29, 0.717) is 6.04 Å². The monoisotopic (exact) mass is 397 g/mol. The number of para-hydroxylation sites is 1. The molecular formula is C24H35N3S. The fourth-order valence-electron chi connectivity index (χ4n) is 3.76. The molecule has 0 aliphatic heterocycles. The van der Waals surface area contributed by atoms with Crippen LogP contribution in [0.15, 0.2) is 41.7 Å². The number of aromatic nitrogens is 2. The van der Waals surface area contributed by atoms with Crippen molar-refractivity contribution < 1.29 is 0 Å². The zero-order chi connectivity index (χ0) is 20.1. The van der Waals surface area contributed by atoms with Gasteiger partial charge >= 0.3 is 0 Å². The van der Waals surface area contributed by atoms with Crippen LogP contribution in [0.3, 0.4) is 0 Å². The summed E-state index contributed by atoms with van der Waals surface area (Å²) in [5.41, 5.74) is 5.27. The Bertz CT molecular complexity index is 904. The summed E-state index contributed by atoms with van der Waals surface area (Å²) in [6, 6.07) is 9.17. The van der Waals surface area contributed by atoms with Gasteiger partial charge in [-0.1, -0.05) is 44.9 Å². The largest absolute Gasteiger partial charge is 0.382 e. The highest BCUT2D eigenvalue weighted by atomic mass is 32.2. The Hall–Kier alpha value is -1.81. The van der Waals surface area contributed by atoms with E-state index in [0.717, 1.165) is 12.3 Å². The molecule has 4 heteroatoms. The summed E-state index contributed by atoms with van der Waals surface area (Å²) in [6.07, 6.45) is 9.59. The van der Waals surface area contributed by atoms with Crippen LogP contribution < -0.4 is 5.32 Å². The second-order valence-corrected chi connectivity index (χ2v) is 8.96. The first-order chi connectivity index (χ1) is 13.6. The van der Waals surface area contributed by atoms with Gasteiger partial charge in [0.15, 0.2) is 0 Å². The lowest BCUT2D eigenvalue weighted by molar-refractivity contribution is 0.562. The molecule has 0 aliphatic carbocycles. The van der Waals surface area contributed by atoms with Gasteiger partial charge in [0, 0.05) is 54.1 Å². The van der Waals surface area contributed by atoms with Gasteiger partial charge in [-0.3, -0.25) is 0 Å². The molecule has 0 atom stereocenters. The molecule has 1 aromatic carbocycles. The van der Waals surface area contributed by atoms with Crippen molar-refractivity contribution in [2.45, 2.75) is 64.4 Å². The molecule has 2 heterocycles. The van der Waals surface area contributed by atoms with Crippen LogP contribution in [0.5, 0.6) is 0 Å². The molecule has 3 nitrogen and oxygen atoms in total. The molecule has 0 saturated heterocycles. The van der Waals surface area contributed by atoms with Crippen LogP contribution in [-0.2, 0) is 7.05 Å². The van der Waals surface area contributed by atoms with E-state index in [2.05, 4.69) is 85.9 Å². The van der Waals surface area contributed by atoms with Crippen LogP contribution in [0.4, 0.5) is 5.69 Å². The molecule has 0 unspecified atom stereocenters. The van der Waals surface area contributed by atoms with Gasteiger partial charge in [-0.2, -0.15) is 0 Å². The Morgan fingerprint density at radius 3 is 2.50 bits per heavy atom. The number of unbranched alkanes of at least 4 members (excludes halogenated alkanes) is 2. The normalized spacial score (nSPS) is 11.6. The summed E-state index contributed by atoms with van der Waals surface area (Å²) in [6.45, 7) is 10.1. The summed E-state index contributed by atoms with van der Waals surface area (Å²) in [4.78, 5) is 0. The van der Waals surface area contributed by atoms with E-state index < -0.39 is 0 Å². The summed E-state index contributed by atoms with van der Waals surface area (Å²) in [5.74, 6) is 1.15. The topological polar surface area (TPSA) is 21.9 Å². The second kappa shape index (κ2) is 9.60. The first-order valence-corrected chi connectivity index (χ1v) is 11.7. The number of fused-ring (bicyclic) bond motifs is 1. The Balaban J connectivity index is 2.12. The Morgan fingerprint density at radius 2 is 1.79 bits per heavy atom. The number of rotatable bonds is 10. The predicted molar refractivity (Wildman–Crippen MR) is 126 cm³/mol. The molecule has 3 aromatic rings. The van der Waals surface area contributed by atoms with Gasteiger partial charge in [0.05, 0.1) is 10.7 Å². The average molecular weight is 398 g/mol. The van der Waals surface area contributed by atoms with Crippen LogP contribution >= 0.6 is 11.8 Å². The van der Waals surface area contributed by atoms with Gasteiger partial charge in [-0.15, -0.1) is 11.8 Å². The molecule has 0 saturated carbocycles. The minimum atomic E-state index is 0.444. The van der Waals surface area contributed by atoms with E-state index >= 15 is 0 Å². The standard InChI is InChI=1S/C24H35N3S/c1-6-8-11-14-25-23-21(17-27(18(3)4)24(23)28-15-7-2)20-16-26(5)22-13-10-9-12-19(20)22/h9-10,12-13,16-18,25H,6-8,11,14-15H2,1-5H3. The predicted octanol–water partition coefficient (Wildman–Crippen LogP) is 7.33. The summed E-state index contributed by atoms with van der Waals surface area (Å²) >= 11 is 1.99. The first-order valence-electron chi connectivity index (χ1n) is 10.7. The molecule has 152 valence electrons. The number of nitrogens with one attached hydrogen (secondary N) is 1. The molecule has 28 heavy (non-hydrogen) atoms. The van der Waals surface area contributed by atoms with Crippen molar-refractivity contribution in [2.75, 3.05) is 17.6 Å². The maximum Gasteiger partial charge on any atom is 0.0993 e. The van der Waals surface area contributed by atoms with Crippen molar-refractivity contribution in [1.29, 1.82) is 0 Å². The molecule has 0 spiro atoms. The maximum atomic E-state index is 3.82. The van der Waals surface area contributed by atoms with Crippen molar-refractivity contribution in [3.63, 3.8) is 0 Å². The van der Waals surface area contributed by atoms with Gasteiger partial charge in [-0.25, -0.2) is 0 Å². The number of hydrogen-bond acceptors (Lipinski definition) is 2. The highest BCUT2D eigenvalue weighted by molar-refractivity contribution is 7.99. The number of benzene rings is 1. The van der Waals surface area contributed by atoms with Gasteiger partial charge in [-0.05, 0) is 38.5 Å². The Morgan fingerprint density at radius 1 is 1.00 bits per heavy atom. The second-order valence-electron chi connectivity index (χ2n) is 7.88. The Labute approximate surface area is 174 Å². The van der Waals surface area contributed by atoms with Crippen LogP contribution in [-0.4, -0.2) is 21.4 Å². The molecule has 0 fully saturated rings. The summed E-state index contributed by atoms with van der Waals surface area (Å²) in [7, 11) is 2.15.